The Balaban J connectivity index is 0.00000148. The van der Waals surface area contributed by atoms with Gasteiger partial charge in [-0.25, -0.2) is 0 Å². The van der Waals surface area contributed by atoms with Crippen molar-refractivity contribution in [3.05, 3.63) is 149 Å². The molecule has 36 heavy (non-hydrogen) atoms. The number of benzene rings is 2. The lowest BCUT2D eigenvalue weighted by molar-refractivity contribution is 0.745. The van der Waals surface area contributed by atoms with E-state index in [1.165, 1.54) is 39.1 Å². The van der Waals surface area contributed by atoms with Crippen LogP contribution in [0.5, 0.6) is 0 Å². The molecule has 0 amide bonds. The summed E-state index contributed by atoms with van der Waals surface area (Å²) in [5.74, 6) is 0. The number of hydrogen-bond acceptors (Lipinski definition) is 1. The van der Waals surface area contributed by atoms with Crippen molar-refractivity contribution < 1.29 is 0 Å². The van der Waals surface area contributed by atoms with Crippen LogP contribution in [0.1, 0.15) is 55.9 Å². The van der Waals surface area contributed by atoms with E-state index >= 15 is 0 Å². The van der Waals surface area contributed by atoms with Gasteiger partial charge in [0.25, 0.3) is 0 Å². The van der Waals surface area contributed by atoms with Crippen LogP contribution in [0.2, 0.25) is 0 Å². The fraction of sp³-hybridized carbons (Fsp3) is 0.200. The molecule has 0 fully saturated rings. The van der Waals surface area contributed by atoms with E-state index in [-0.39, 0.29) is 5.41 Å². The molecular weight excluding hydrogens is 434 g/mol. The highest BCUT2D eigenvalue weighted by Gasteiger charge is 2.45. The van der Waals surface area contributed by atoms with E-state index in [1.807, 2.05) is 13.8 Å². The van der Waals surface area contributed by atoms with Crippen LogP contribution >= 0.6 is 0 Å². The zero-order valence-electron chi connectivity index (χ0n) is 22.0. The quantitative estimate of drug-likeness (QED) is 0.401. The van der Waals surface area contributed by atoms with Crippen molar-refractivity contribution in [3.63, 3.8) is 0 Å². The molecule has 0 saturated heterocycles. The first-order chi connectivity index (χ1) is 17.7. The number of fused-ring (bicyclic) bond motifs is 2. The topological polar surface area (TPSA) is 3.24 Å². The Bertz CT molecular complexity index is 1320. The maximum Gasteiger partial charge on any atom is 0.0705 e. The van der Waals surface area contributed by atoms with Gasteiger partial charge in [-0.3, -0.25) is 0 Å². The summed E-state index contributed by atoms with van der Waals surface area (Å²) in [5.41, 5.74) is 9.55. The lowest BCUT2D eigenvalue weighted by Crippen LogP contribution is -2.30. The zero-order chi connectivity index (χ0) is 25.5. The molecule has 3 aliphatic rings. The number of nitrogens with zero attached hydrogens (tertiary/aromatic N) is 1. The second-order valence-electron chi connectivity index (χ2n) is 9.03. The van der Waals surface area contributed by atoms with Gasteiger partial charge in [-0.05, 0) is 77.5 Å². The van der Waals surface area contributed by atoms with Crippen LogP contribution in [0.25, 0.3) is 11.6 Å². The van der Waals surface area contributed by atoms with Crippen molar-refractivity contribution in [2.24, 2.45) is 0 Å². The monoisotopic (exact) mass is 471 g/mol. The summed E-state index contributed by atoms with van der Waals surface area (Å²) < 4.78 is 0. The minimum absolute atomic E-state index is 0.356. The molecule has 0 spiro atoms. The van der Waals surface area contributed by atoms with Crippen LogP contribution in [0.15, 0.2) is 127 Å². The maximum absolute atomic E-state index is 4.37. The first-order valence-corrected chi connectivity index (χ1v) is 13.1. The highest BCUT2D eigenvalue weighted by Crippen LogP contribution is 2.54. The zero-order valence-corrected chi connectivity index (χ0v) is 22.0. The van der Waals surface area contributed by atoms with Gasteiger partial charge in [-0.2, -0.15) is 0 Å². The van der Waals surface area contributed by atoms with Gasteiger partial charge in [0.2, 0.25) is 0 Å². The summed E-state index contributed by atoms with van der Waals surface area (Å²) in [5, 5.41) is 0. The molecule has 0 saturated carbocycles. The van der Waals surface area contributed by atoms with Gasteiger partial charge in [0.15, 0.2) is 0 Å². The molecule has 1 unspecified atom stereocenters. The van der Waals surface area contributed by atoms with E-state index < -0.39 is 0 Å². The molecule has 1 atom stereocenters. The summed E-state index contributed by atoms with van der Waals surface area (Å²) in [6, 6.07) is 15.7. The summed E-state index contributed by atoms with van der Waals surface area (Å²) in [7, 11) is 2.12. The van der Waals surface area contributed by atoms with E-state index in [1.54, 1.807) is 0 Å². The molecule has 2 aliphatic carbocycles. The van der Waals surface area contributed by atoms with Crippen LogP contribution in [-0.2, 0) is 5.41 Å². The Morgan fingerprint density at radius 3 is 2.50 bits per heavy atom. The van der Waals surface area contributed by atoms with E-state index in [0.29, 0.717) is 0 Å². The predicted molar refractivity (Wildman–Crippen MR) is 159 cm³/mol. The third kappa shape index (κ3) is 4.42. The molecule has 0 radical (unpaired) electrons. The van der Waals surface area contributed by atoms with Crippen molar-refractivity contribution in [3.8, 4) is 0 Å². The minimum Gasteiger partial charge on any atom is -0.351 e. The largest absolute Gasteiger partial charge is 0.351 e. The Labute approximate surface area is 217 Å². The van der Waals surface area contributed by atoms with E-state index in [0.717, 1.165) is 18.4 Å². The number of rotatable bonds is 4. The van der Waals surface area contributed by atoms with Crippen molar-refractivity contribution in [2.75, 3.05) is 11.9 Å². The van der Waals surface area contributed by atoms with Gasteiger partial charge in [-0.15, -0.1) is 0 Å². The van der Waals surface area contributed by atoms with Gasteiger partial charge in [-0.1, -0.05) is 105 Å². The number of anilines is 1. The number of allylic oxidation sites excluding steroid dienone is 13. The van der Waals surface area contributed by atoms with Crippen LogP contribution in [0.3, 0.4) is 0 Å². The Hall–Kier alpha value is -3.84. The predicted octanol–water partition coefficient (Wildman–Crippen LogP) is 9.34. The van der Waals surface area contributed by atoms with Crippen LogP contribution in [-0.4, -0.2) is 7.05 Å². The fourth-order valence-corrected chi connectivity index (χ4v) is 5.38. The van der Waals surface area contributed by atoms with Gasteiger partial charge in [0.05, 0.1) is 5.41 Å². The smallest absolute Gasteiger partial charge is 0.0705 e. The van der Waals surface area contributed by atoms with Crippen LogP contribution < -0.4 is 4.90 Å². The summed E-state index contributed by atoms with van der Waals surface area (Å²) in [6.45, 7) is 10.4. The van der Waals surface area contributed by atoms with Gasteiger partial charge < -0.3 is 4.90 Å². The first kappa shape index (κ1) is 25.3. The van der Waals surface area contributed by atoms with Gasteiger partial charge >= 0.3 is 0 Å². The third-order valence-electron chi connectivity index (χ3n) is 6.97. The third-order valence-corrected chi connectivity index (χ3v) is 6.97. The first-order valence-electron chi connectivity index (χ1n) is 13.1. The second-order valence-corrected chi connectivity index (χ2v) is 9.03. The van der Waals surface area contributed by atoms with E-state index in [2.05, 4.69) is 141 Å². The maximum atomic E-state index is 4.37. The molecule has 1 heterocycles. The molecule has 1 aliphatic heterocycles. The molecule has 182 valence electrons. The molecule has 2 aromatic rings. The Kier molecular flexibility index (Phi) is 7.90. The lowest BCUT2D eigenvalue weighted by atomic mass is 9.65. The molecule has 5 rings (SSSR count). The molecule has 0 aromatic heterocycles. The van der Waals surface area contributed by atoms with Crippen molar-refractivity contribution in [1.82, 2.24) is 0 Å². The normalized spacial score (nSPS) is 22.2. The van der Waals surface area contributed by atoms with Crippen molar-refractivity contribution in [2.45, 2.75) is 39.0 Å². The van der Waals surface area contributed by atoms with Gasteiger partial charge in [0, 0.05) is 24.5 Å². The highest BCUT2D eigenvalue weighted by molar-refractivity contribution is 5.89. The average molecular weight is 472 g/mol. The Morgan fingerprint density at radius 2 is 1.78 bits per heavy atom. The second kappa shape index (κ2) is 11.3. The van der Waals surface area contributed by atoms with Crippen LogP contribution in [0.4, 0.5) is 5.69 Å². The summed E-state index contributed by atoms with van der Waals surface area (Å²) in [6.07, 6.45) is 28.6. The molecular formula is C35H37N. The summed E-state index contributed by atoms with van der Waals surface area (Å²) >= 11 is 0. The van der Waals surface area contributed by atoms with E-state index in [9.17, 15) is 0 Å². The summed E-state index contributed by atoms with van der Waals surface area (Å²) in [4.78, 5) is 2.21. The van der Waals surface area contributed by atoms with Crippen molar-refractivity contribution in [1.29, 1.82) is 0 Å². The molecule has 1 nitrogen and oxygen atoms in total. The van der Waals surface area contributed by atoms with Crippen molar-refractivity contribution >= 4 is 17.3 Å². The van der Waals surface area contributed by atoms with Crippen LogP contribution in [0, 0.1) is 0 Å². The SMILES string of the molecule is C=C1/C=C\C=C/N(C)c2cc3c(cc21)C=C(/C=C\C=C/C)C3(C1=CCCC=C1)c1ccccc1.CC. The molecule has 1 heteroatoms. The number of hydrogen-bond donors (Lipinski definition) is 0. The molecule has 0 N–H and O–H groups in total. The van der Waals surface area contributed by atoms with E-state index in [4.69, 9.17) is 0 Å². The molecule has 0 bridgehead atoms. The molecule has 2 aromatic carbocycles. The average Bonchev–Trinajstić information content (AvgIpc) is 3.25. The standard InChI is InChI=1S/C33H31N.C2H6/c1-4-5-8-20-29-22-26-23-30-25(2)15-13-14-21-34(3)32(30)24-31(26)33(29,27-16-9-6-10-17-27)28-18-11-7-12-19-28;1-2/h4-6,8-11,13-24H,2,7,12H2,1,3H3;1-2H3/b5-4-,15-13-,20-8-,21-14-;. The Morgan fingerprint density at radius 1 is 0.972 bits per heavy atom. The minimum atomic E-state index is -0.356. The highest BCUT2D eigenvalue weighted by atomic mass is 15.1. The lowest BCUT2D eigenvalue weighted by Gasteiger charge is -2.37. The van der Waals surface area contributed by atoms with Gasteiger partial charge in [0.1, 0.15) is 0 Å². The fourth-order valence-electron chi connectivity index (χ4n) is 5.38.